The molecule has 0 N–H and O–H groups in total. The van der Waals surface area contributed by atoms with E-state index in [9.17, 15) is 4.79 Å². The van der Waals surface area contributed by atoms with Crippen LogP contribution in [0.25, 0.3) is 0 Å². The third-order valence-electron chi connectivity index (χ3n) is 2.15. The lowest BCUT2D eigenvalue weighted by molar-refractivity contribution is -0.0702. The van der Waals surface area contributed by atoms with Crippen LogP contribution in [0.15, 0.2) is 0 Å². The minimum Gasteiger partial charge on any atom is -0.444 e. The second-order valence-corrected chi connectivity index (χ2v) is 5.76. The predicted octanol–water partition coefficient (Wildman–Crippen LogP) is 2.41. The van der Waals surface area contributed by atoms with Gasteiger partial charge in [0.25, 0.3) is 0 Å². The molecule has 2 atom stereocenters. The molecule has 5 heteroatoms. The first-order valence-corrected chi connectivity index (χ1v) is 6.63. The quantitative estimate of drug-likeness (QED) is 0.697. The maximum absolute atomic E-state index is 11.9. The number of morpholine rings is 1. The number of amides is 1. The highest BCUT2D eigenvalue weighted by molar-refractivity contribution is 9.09. The summed E-state index contributed by atoms with van der Waals surface area (Å²) in [6.45, 7) is 8.76. The molecule has 0 saturated carbocycles. The van der Waals surface area contributed by atoms with E-state index in [0.717, 1.165) is 5.33 Å². The van der Waals surface area contributed by atoms with Crippen molar-refractivity contribution >= 4 is 22.0 Å². The smallest absolute Gasteiger partial charge is 0.410 e. The van der Waals surface area contributed by atoms with Gasteiger partial charge in [-0.15, -0.1) is 0 Å². The number of rotatable bonds is 1. The summed E-state index contributed by atoms with van der Waals surface area (Å²) in [4.78, 5) is 13.6. The fourth-order valence-electron chi connectivity index (χ4n) is 1.61. The molecule has 4 nitrogen and oxygen atoms in total. The number of carbonyl (C=O) groups excluding carboxylic acids is 1. The number of alkyl halides is 1. The monoisotopic (exact) mass is 293 g/mol. The van der Waals surface area contributed by atoms with Crippen LogP contribution in [-0.2, 0) is 9.47 Å². The van der Waals surface area contributed by atoms with Crippen LogP contribution >= 0.6 is 15.9 Å². The third-order valence-corrected chi connectivity index (χ3v) is 2.87. The zero-order valence-corrected chi connectivity index (χ0v) is 11.9. The molecule has 16 heavy (non-hydrogen) atoms. The summed E-state index contributed by atoms with van der Waals surface area (Å²) in [6.07, 6.45) is -0.145. The molecule has 0 spiro atoms. The molecule has 1 unspecified atom stereocenters. The van der Waals surface area contributed by atoms with Crippen molar-refractivity contribution in [3.8, 4) is 0 Å². The van der Waals surface area contributed by atoms with Crippen LogP contribution in [-0.4, -0.2) is 47.2 Å². The minimum atomic E-state index is -0.442. The van der Waals surface area contributed by atoms with Gasteiger partial charge in [-0.25, -0.2) is 4.79 Å². The molecule has 1 aliphatic rings. The molecule has 1 aliphatic heterocycles. The number of carbonyl (C=O) groups is 1. The lowest BCUT2D eigenvalue weighted by Crippen LogP contribution is -2.51. The maximum Gasteiger partial charge on any atom is 0.410 e. The molecule has 0 aromatic heterocycles. The molecule has 0 bridgehead atoms. The van der Waals surface area contributed by atoms with E-state index >= 15 is 0 Å². The highest BCUT2D eigenvalue weighted by atomic mass is 79.9. The Labute approximate surface area is 105 Å². The second-order valence-electron chi connectivity index (χ2n) is 5.11. The zero-order valence-electron chi connectivity index (χ0n) is 10.3. The molecule has 0 aromatic carbocycles. The number of hydrogen-bond acceptors (Lipinski definition) is 3. The first-order chi connectivity index (χ1) is 7.31. The van der Waals surface area contributed by atoms with Crippen LogP contribution in [0, 0.1) is 0 Å². The fourth-order valence-corrected chi connectivity index (χ4v) is 1.96. The summed E-state index contributed by atoms with van der Waals surface area (Å²) in [7, 11) is 0. The van der Waals surface area contributed by atoms with Gasteiger partial charge in [0.2, 0.25) is 0 Å². The van der Waals surface area contributed by atoms with Crippen LogP contribution in [0.3, 0.4) is 0 Å². The molecular formula is C11H20BrNO3. The average Bonchev–Trinajstić information content (AvgIpc) is 2.14. The van der Waals surface area contributed by atoms with Crippen molar-refractivity contribution in [1.29, 1.82) is 0 Å². The van der Waals surface area contributed by atoms with E-state index in [-0.39, 0.29) is 18.3 Å². The topological polar surface area (TPSA) is 38.8 Å². The Morgan fingerprint density at radius 2 is 2.12 bits per heavy atom. The largest absolute Gasteiger partial charge is 0.444 e. The Morgan fingerprint density at radius 3 is 2.62 bits per heavy atom. The zero-order chi connectivity index (χ0) is 12.3. The van der Waals surface area contributed by atoms with Gasteiger partial charge in [-0.3, -0.25) is 0 Å². The minimum absolute atomic E-state index is 0.0521. The SMILES string of the molecule is C[C@@H]1CN(C(=O)OC(C)(C)C)CC(CBr)O1. The molecule has 0 radical (unpaired) electrons. The van der Waals surface area contributed by atoms with Crippen molar-refractivity contribution in [2.75, 3.05) is 18.4 Å². The van der Waals surface area contributed by atoms with Crippen molar-refractivity contribution in [3.63, 3.8) is 0 Å². The highest BCUT2D eigenvalue weighted by Gasteiger charge is 2.30. The van der Waals surface area contributed by atoms with E-state index < -0.39 is 5.60 Å². The number of halogens is 1. The summed E-state index contributed by atoms with van der Waals surface area (Å²) >= 11 is 3.37. The van der Waals surface area contributed by atoms with E-state index in [0.29, 0.717) is 13.1 Å². The Hall–Kier alpha value is -0.290. The van der Waals surface area contributed by atoms with E-state index in [4.69, 9.17) is 9.47 Å². The van der Waals surface area contributed by atoms with E-state index in [1.807, 2.05) is 27.7 Å². The Balaban J connectivity index is 2.55. The predicted molar refractivity (Wildman–Crippen MR) is 65.9 cm³/mol. The number of nitrogens with zero attached hydrogens (tertiary/aromatic N) is 1. The second kappa shape index (κ2) is 5.36. The molecule has 94 valence electrons. The van der Waals surface area contributed by atoms with E-state index in [1.165, 1.54) is 0 Å². The molecule has 1 saturated heterocycles. The molecule has 1 amide bonds. The van der Waals surface area contributed by atoms with Gasteiger partial charge >= 0.3 is 6.09 Å². The van der Waals surface area contributed by atoms with Gasteiger partial charge in [0.05, 0.1) is 25.3 Å². The standard InChI is InChI=1S/C11H20BrNO3/c1-8-6-13(7-9(5-12)15-8)10(14)16-11(2,3)4/h8-9H,5-7H2,1-4H3/t8-,9?/m1/s1. The molecule has 0 aromatic rings. The van der Waals surface area contributed by atoms with E-state index in [1.54, 1.807) is 4.90 Å². The normalized spacial score (nSPS) is 26.7. The lowest BCUT2D eigenvalue weighted by atomic mass is 10.2. The van der Waals surface area contributed by atoms with Gasteiger partial charge in [-0.1, -0.05) is 15.9 Å². The van der Waals surface area contributed by atoms with Crippen LogP contribution < -0.4 is 0 Å². The van der Waals surface area contributed by atoms with Gasteiger partial charge in [-0.2, -0.15) is 0 Å². The van der Waals surface area contributed by atoms with Crippen LogP contribution in [0.1, 0.15) is 27.7 Å². The summed E-state index contributed by atoms with van der Waals surface area (Å²) < 4.78 is 11.0. The van der Waals surface area contributed by atoms with Gasteiger partial charge in [0.1, 0.15) is 5.60 Å². The lowest BCUT2D eigenvalue weighted by Gasteiger charge is -2.36. The molecular weight excluding hydrogens is 274 g/mol. The number of ether oxygens (including phenoxy) is 2. The fraction of sp³-hybridized carbons (Fsp3) is 0.909. The summed E-state index contributed by atoms with van der Waals surface area (Å²) in [5, 5.41) is 0.733. The van der Waals surface area contributed by atoms with Gasteiger partial charge in [0, 0.05) is 5.33 Å². The molecule has 1 rings (SSSR count). The number of hydrogen-bond donors (Lipinski definition) is 0. The summed E-state index contributed by atoms with van der Waals surface area (Å²) in [6, 6.07) is 0. The molecule has 1 fully saturated rings. The summed E-state index contributed by atoms with van der Waals surface area (Å²) in [5.74, 6) is 0. The first kappa shape index (κ1) is 13.8. The van der Waals surface area contributed by atoms with Crippen molar-refractivity contribution in [2.45, 2.75) is 45.5 Å². The van der Waals surface area contributed by atoms with Gasteiger partial charge in [-0.05, 0) is 27.7 Å². The van der Waals surface area contributed by atoms with Gasteiger partial charge in [0.15, 0.2) is 0 Å². The van der Waals surface area contributed by atoms with Crippen molar-refractivity contribution < 1.29 is 14.3 Å². The average molecular weight is 294 g/mol. The van der Waals surface area contributed by atoms with Crippen LogP contribution in [0.5, 0.6) is 0 Å². The van der Waals surface area contributed by atoms with Crippen molar-refractivity contribution in [3.05, 3.63) is 0 Å². The van der Waals surface area contributed by atoms with Gasteiger partial charge < -0.3 is 14.4 Å². The maximum atomic E-state index is 11.9. The first-order valence-electron chi connectivity index (χ1n) is 5.51. The van der Waals surface area contributed by atoms with E-state index in [2.05, 4.69) is 15.9 Å². The summed E-state index contributed by atoms with van der Waals surface area (Å²) in [5.41, 5.74) is -0.442. The molecule has 0 aliphatic carbocycles. The van der Waals surface area contributed by atoms with Crippen LogP contribution in [0.4, 0.5) is 4.79 Å². The molecule has 1 heterocycles. The highest BCUT2D eigenvalue weighted by Crippen LogP contribution is 2.16. The Morgan fingerprint density at radius 1 is 1.50 bits per heavy atom. The Kier molecular flexibility index (Phi) is 4.62. The Bertz CT molecular complexity index is 252. The van der Waals surface area contributed by atoms with Crippen molar-refractivity contribution in [2.24, 2.45) is 0 Å². The third kappa shape index (κ3) is 4.29. The van der Waals surface area contributed by atoms with Crippen LogP contribution in [0.2, 0.25) is 0 Å². The van der Waals surface area contributed by atoms with Crippen molar-refractivity contribution in [1.82, 2.24) is 4.90 Å².